The lowest BCUT2D eigenvalue weighted by Gasteiger charge is -2.20. The van der Waals surface area contributed by atoms with E-state index in [9.17, 15) is 9.59 Å². The molecular formula is C12H20N4O3. The van der Waals surface area contributed by atoms with Crippen molar-refractivity contribution in [3.05, 3.63) is 17.5 Å². The Labute approximate surface area is 111 Å². The summed E-state index contributed by atoms with van der Waals surface area (Å²) in [5.74, 6) is -1.15. The van der Waals surface area contributed by atoms with Crippen LogP contribution in [0.5, 0.6) is 0 Å². The Morgan fingerprint density at radius 3 is 2.68 bits per heavy atom. The van der Waals surface area contributed by atoms with E-state index >= 15 is 0 Å². The number of aryl methyl sites for hydroxylation is 1. The van der Waals surface area contributed by atoms with Crippen LogP contribution in [0.15, 0.2) is 6.20 Å². The maximum Gasteiger partial charge on any atom is 0.326 e. The lowest BCUT2D eigenvalue weighted by Crippen LogP contribution is -2.48. The third kappa shape index (κ3) is 4.27. The van der Waals surface area contributed by atoms with Gasteiger partial charge in [0.05, 0.1) is 6.20 Å². The van der Waals surface area contributed by atoms with Crippen LogP contribution in [-0.2, 0) is 11.3 Å². The van der Waals surface area contributed by atoms with Crippen molar-refractivity contribution in [2.24, 2.45) is 5.92 Å². The number of H-pyrrole nitrogens is 1. The number of carboxylic acids is 1. The molecule has 0 radical (unpaired) electrons. The van der Waals surface area contributed by atoms with Crippen LogP contribution < -0.4 is 10.6 Å². The molecule has 1 rings (SSSR count). The minimum Gasteiger partial charge on any atom is -0.480 e. The van der Waals surface area contributed by atoms with Crippen molar-refractivity contribution < 1.29 is 14.7 Å². The normalized spacial score (nSPS) is 13.6. The Kier molecular flexibility index (Phi) is 5.35. The van der Waals surface area contributed by atoms with Crippen molar-refractivity contribution in [3.8, 4) is 0 Å². The van der Waals surface area contributed by atoms with E-state index in [2.05, 4.69) is 20.8 Å². The SMILES string of the molecule is CCC(C)[C@H](NC(=O)NCc1cn[nH]c1C)C(=O)O. The second-order valence-corrected chi connectivity index (χ2v) is 4.55. The van der Waals surface area contributed by atoms with Crippen LogP contribution in [0.1, 0.15) is 31.5 Å². The second kappa shape index (κ2) is 6.77. The van der Waals surface area contributed by atoms with E-state index in [4.69, 9.17) is 5.11 Å². The summed E-state index contributed by atoms with van der Waals surface area (Å²) < 4.78 is 0. The number of carboxylic acid groups (broad SMARTS) is 1. The summed E-state index contributed by atoms with van der Waals surface area (Å²) in [6, 6.07) is -1.37. The van der Waals surface area contributed by atoms with Crippen molar-refractivity contribution in [2.45, 2.75) is 39.8 Å². The number of amides is 2. The molecule has 2 atom stereocenters. The Morgan fingerprint density at radius 1 is 1.53 bits per heavy atom. The van der Waals surface area contributed by atoms with Gasteiger partial charge in [-0.1, -0.05) is 20.3 Å². The molecule has 0 spiro atoms. The molecule has 4 N–H and O–H groups in total. The van der Waals surface area contributed by atoms with Crippen molar-refractivity contribution in [1.29, 1.82) is 0 Å². The van der Waals surface area contributed by atoms with E-state index in [-0.39, 0.29) is 5.92 Å². The van der Waals surface area contributed by atoms with E-state index in [1.54, 1.807) is 13.1 Å². The molecule has 19 heavy (non-hydrogen) atoms. The number of rotatable bonds is 6. The fraction of sp³-hybridized carbons (Fsp3) is 0.583. The highest BCUT2D eigenvalue weighted by Crippen LogP contribution is 2.08. The highest BCUT2D eigenvalue weighted by atomic mass is 16.4. The molecule has 0 aromatic carbocycles. The number of hydrogen-bond donors (Lipinski definition) is 4. The summed E-state index contributed by atoms with van der Waals surface area (Å²) in [6.45, 7) is 5.83. The van der Waals surface area contributed by atoms with Gasteiger partial charge in [0.15, 0.2) is 0 Å². The molecule has 0 aliphatic carbocycles. The average molecular weight is 268 g/mol. The zero-order chi connectivity index (χ0) is 14.4. The lowest BCUT2D eigenvalue weighted by molar-refractivity contribution is -0.140. The van der Waals surface area contributed by atoms with Crippen molar-refractivity contribution in [2.75, 3.05) is 0 Å². The number of urea groups is 1. The zero-order valence-electron chi connectivity index (χ0n) is 11.4. The Balaban J connectivity index is 2.49. The fourth-order valence-corrected chi connectivity index (χ4v) is 1.60. The molecule has 1 unspecified atom stereocenters. The first-order valence-electron chi connectivity index (χ1n) is 6.21. The Morgan fingerprint density at radius 2 is 2.21 bits per heavy atom. The zero-order valence-corrected chi connectivity index (χ0v) is 11.4. The van der Waals surface area contributed by atoms with E-state index in [1.807, 2.05) is 13.8 Å². The monoisotopic (exact) mass is 268 g/mol. The molecule has 0 saturated carbocycles. The molecule has 2 amide bonds. The first-order valence-corrected chi connectivity index (χ1v) is 6.21. The lowest BCUT2D eigenvalue weighted by atomic mass is 9.99. The largest absolute Gasteiger partial charge is 0.480 e. The van der Waals surface area contributed by atoms with Gasteiger partial charge in [-0.05, 0) is 12.8 Å². The third-order valence-electron chi connectivity index (χ3n) is 3.14. The second-order valence-electron chi connectivity index (χ2n) is 4.55. The average Bonchev–Trinajstić information content (AvgIpc) is 2.77. The van der Waals surface area contributed by atoms with Gasteiger partial charge in [0.1, 0.15) is 6.04 Å². The summed E-state index contributed by atoms with van der Waals surface area (Å²) in [6.07, 6.45) is 2.30. The topological polar surface area (TPSA) is 107 Å². The number of nitrogens with one attached hydrogen (secondary N) is 3. The molecular weight excluding hydrogens is 248 g/mol. The number of aromatic nitrogens is 2. The molecule has 0 fully saturated rings. The number of carbonyl (C=O) groups is 2. The standard InChI is InChI=1S/C12H20N4O3/c1-4-7(2)10(11(17)18)15-12(19)13-5-9-6-14-16-8(9)3/h6-7,10H,4-5H2,1-3H3,(H,14,16)(H,17,18)(H2,13,15,19)/t7?,10-/m0/s1. The summed E-state index contributed by atoms with van der Waals surface area (Å²) >= 11 is 0. The highest BCUT2D eigenvalue weighted by Gasteiger charge is 2.25. The predicted octanol–water partition coefficient (Wildman–Crippen LogP) is 1.02. The van der Waals surface area contributed by atoms with Gasteiger partial charge in [-0.3, -0.25) is 5.10 Å². The van der Waals surface area contributed by atoms with Gasteiger partial charge in [0.25, 0.3) is 0 Å². The number of nitrogens with zero attached hydrogens (tertiary/aromatic N) is 1. The van der Waals surface area contributed by atoms with Crippen LogP contribution in [-0.4, -0.2) is 33.3 Å². The minimum absolute atomic E-state index is 0.126. The molecule has 7 nitrogen and oxygen atoms in total. The molecule has 1 heterocycles. The van der Waals surface area contributed by atoms with Gasteiger partial charge in [-0.25, -0.2) is 9.59 Å². The highest BCUT2D eigenvalue weighted by molar-refractivity contribution is 5.82. The van der Waals surface area contributed by atoms with Crippen molar-refractivity contribution in [3.63, 3.8) is 0 Å². The van der Waals surface area contributed by atoms with Crippen molar-refractivity contribution >= 4 is 12.0 Å². The Hall–Kier alpha value is -2.05. The van der Waals surface area contributed by atoms with Gasteiger partial charge in [-0.2, -0.15) is 5.10 Å². The summed E-state index contributed by atoms with van der Waals surface area (Å²) in [5.41, 5.74) is 1.74. The molecule has 7 heteroatoms. The summed E-state index contributed by atoms with van der Waals surface area (Å²) in [5, 5.41) is 20.8. The van der Waals surface area contributed by atoms with E-state index < -0.39 is 18.0 Å². The number of aromatic amines is 1. The number of hydrogen-bond acceptors (Lipinski definition) is 3. The van der Waals surface area contributed by atoms with Crippen LogP contribution in [0.3, 0.4) is 0 Å². The predicted molar refractivity (Wildman–Crippen MR) is 69.6 cm³/mol. The third-order valence-corrected chi connectivity index (χ3v) is 3.14. The van der Waals surface area contributed by atoms with Gasteiger partial charge in [-0.15, -0.1) is 0 Å². The molecule has 0 saturated heterocycles. The summed E-state index contributed by atoms with van der Waals surface area (Å²) in [4.78, 5) is 22.7. The van der Waals surface area contributed by atoms with Gasteiger partial charge in [0.2, 0.25) is 0 Å². The van der Waals surface area contributed by atoms with Gasteiger partial charge >= 0.3 is 12.0 Å². The molecule has 0 bridgehead atoms. The van der Waals surface area contributed by atoms with Crippen LogP contribution >= 0.6 is 0 Å². The van der Waals surface area contributed by atoms with E-state index in [0.717, 1.165) is 11.3 Å². The van der Waals surface area contributed by atoms with Crippen LogP contribution in [0.4, 0.5) is 4.79 Å². The van der Waals surface area contributed by atoms with Gasteiger partial charge < -0.3 is 15.7 Å². The van der Waals surface area contributed by atoms with Crippen molar-refractivity contribution in [1.82, 2.24) is 20.8 Å². The first-order chi connectivity index (χ1) is 8.95. The summed E-state index contributed by atoms with van der Waals surface area (Å²) in [7, 11) is 0. The quantitative estimate of drug-likeness (QED) is 0.617. The van der Waals surface area contributed by atoms with Crippen LogP contribution in [0, 0.1) is 12.8 Å². The first kappa shape index (κ1) is 15.0. The molecule has 1 aromatic heterocycles. The minimum atomic E-state index is -1.02. The maximum absolute atomic E-state index is 11.7. The van der Waals surface area contributed by atoms with Gasteiger partial charge in [0, 0.05) is 17.8 Å². The van der Waals surface area contributed by atoms with E-state index in [1.165, 1.54) is 0 Å². The number of carbonyl (C=O) groups excluding carboxylic acids is 1. The maximum atomic E-state index is 11.7. The number of aliphatic carboxylic acids is 1. The molecule has 1 aromatic rings. The molecule has 0 aliphatic heterocycles. The smallest absolute Gasteiger partial charge is 0.326 e. The van der Waals surface area contributed by atoms with Crippen LogP contribution in [0.2, 0.25) is 0 Å². The van der Waals surface area contributed by atoms with Crippen LogP contribution in [0.25, 0.3) is 0 Å². The fourth-order valence-electron chi connectivity index (χ4n) is 1.60. The molecule has 0 aliphatic rings. The van der Waals surface area contributed by atoms with E-state index in [0.29, 0.717) is 13.0 Å². The molecule has 106 valence electrons. The Bertz CT molecular complexity index is 444.